The summed E-state index contributed by atoms with van der Waals surface area (Å²) >= 11 is 3.08. The summed E-state index contributed by atoms with van der Waals surface area (Å²) in [6.07, 6.45) is 0. The van der Waals surface area contributed by atoms with Crippen molar-refractivity contribution in [2.45, 2.75) is 19.9 Å². The van der Waals surface area contributed by atoms with Gasteiger partial charge in [-0.15, -0.1) is 0 Å². The van der Waals surface area contributed by atoms with Gasteiger partial charge in [0.1, 0.15) is 11.8 Å². The van der Waals surface area contributed by atoms with Crippen molar-refractivity contribution in [2.75, 3.05) is 0 Å². The second-order valence-electron chi connectivity index (χ2n) is 3.05. The van der Waals surface area contributed by atoms with Gasteiger partial charge in [-0.25, -0.2) is 0 Å². The van der Waals surface area contributed by atoms with Gasteiger partial charge in [-0.3, -0.25) is 9.59 Å². The van der Waals surface area contributed by atoms with Gasteiger partial charge in [0.15, 0.2) is 4.67 Å². The quantitative estimate of drug-likeness (QED) is 0.877. The molecule has 0 fully saturated rings. The largest absolute Gasteiger partial charge is 0.480 e. The van der Waals surface area contributed by atoms with Crippen LogP contribution in [0.25, 0.3) is 0 Å². The molecule has 1 aromatic heterocycles. The summed E-state index contributed by atoms with van der Waals surface area (Å²) < 4.78 is 5.52. The number of amides is 1. The highest BCUT2D eigenvalue weighted by molar-refractivity contribution is 9.10. The summed E-state index contributed by atoms with van der Waals surface area (Å²) in [4.78, 5) is 22.0. The fourth-order valence-corrected chi connectivity index (χ4v) is 1.48. The van der Waals surface area contributed by atoms with Crippen molar-refractivity contribution in [3.63, 3.8) is 0 Å². The summed E-state index contributed by atoms with van der Waals surface area (Å²) in [5.41, 5.74) is 0.329. The first-order valence-electron chi connectivity index (χ1n) is 4.21. The molecule has 0 saturated carbocycles. The summed E-state index contributed by atoms with van der Waals surface area (Å²) in [7, 11) is 0. The minimum Gasteiger partial charge on any atom is -0.480 e. The Morgan fingerprint density at radius 1 is 1.60 bits per heavy atom. The summed E-state index contributed by atoms with van der Waals surface area (Å²) in [6.45, 7) is 3.02. The van der Waals surface area contributed by atoms with Crippen LogP contribution in [0.5, 0.6) is 0 Å². The number of carbonyl (C=O) groups excluding carboxylic acids is 1. The maximum Gasteiger partial charge on any atom is 0.325 e. The molecule has 0 bridgehead atoms. The Bertz CT molecular complexity index is 399. The van der Waals surface area contributed by atoms with E-state index < -0.39 is 17.9 Å². The van der Waals surface area contributed by atoms with Gasteiger partial charge in [-0.1, -0.05) is 0 Å². The molecule has 82 valence electrons. The number of hydrogen-bond donors (Lipinski definition) is 2. The average Bonchev–Trinajstić information content (AvgIpc) is 2.44. The molecule has 1 heterocycles. The van der Waals surface area contributed by atoms with Gasteiger partial charge < -0.3 is 14.8 Å². The topological polar surface area (TPSA) is 79.5 Å². The van der Waals surface area contributed by atoms with Crippen LogP contribution < -0.4 is 5.32 Å². The lowest BCUT2D eigenvalue weighted by Crippen LogP contribution is -2.38. The number of aryl methyl sites for hydroxylation is 1. The van der Waals surface area contributed by atoms with Gasteiger partial charge in [0.25, 0.3) is 5.91 Å². The van der Waals surface area contributed by atoms with E-state index in [9.17, 15) is 9.59 Å². The minimum atomic E-state index is -1.08. The average molecular weight is 276 g/mol. The monoisotopic (exact) mass is 275 g/mol. The Hall–Kier alpha value is -1.30. The SMILES string of the molecule is Cc1oc(Br)cc1C(=O)N[C@@H](C)C(=O)O. The number of halogens is 1. The third kappa shape index (κ3) is 2.82. The maximum absolute atomic E-state index is 11.5. The van der Waals surface area contributed by atoms with Crippen LogP contribution in [0.4, 0.5) is 0 Å². The molecular weight excluding hydrogens is 266 g/mol. The van der Waals surface area contributed by atoms with Crippen molar-refractivity contribution < 1.29 is 19.1 Å². The molecule has 0 unspecified atom stereocenters. The summed E-state index contributed by atoms with van der Waals surface area (Å²) in [5, 5.41) is 10.9. The third-order valence-corrected chi connectivity index (χ3v) is 2.24. The Balaban J connectivity index is 2.77. The van der Waals surface area contributed by atoms with Gasteiger partial charge in [0, 0.05) is 6.07 Å². The van der Waals surface area contributed by atoms with Crippen molar-refractivity contribution in [3.05, 3.63) is 22.1 Å². The van der Waals surface area contributed by atoms with E-state index in [-0.39, 0.29) is 0 Å². The zero-order valence-electron chi connectivity index (χ0n) is 8.20. The lowest BCUT2D eigenvalue weighted by atomic mass is 10.2. The molecule has 1 rings (SSSR count). The summed E-state index contributed by atoms with van der Waals surface area (Å²) in [5.74, 6) is -1.10. The standard InChI is InChI=1S/C9H10BrNO4/c1-4(9(13)14)11-8(12)6-3-7(10)15-5(6)2/h3-4H,1-2H3,(H,11,12)(H,13,14)/t4-/m0/s1. The highest BCUT2D eigenvalue weighted by Crippen LogP contribution is 2.19. The number of furan rings is 1. The number of carboxylic acids is 1. The number of carboxylic acid groups (broad SMARTS) is 1. The lowest BCUT2D eigenvalue weighted by Gasteiger charge is -2.07. The predicted octanol–water partition coefficient (Wildman–Crippen LogP) is 1.55. The second-order valence-corrected chi connectivity index (χ2v) is 3.84. The van der Waals surface area contributed by atoms with Crippen LogP contribution >= 0.6 is 15.9 Å². The molecule has 0 aliphatic carbocycles. The Morgan fingerprint density at radius 3 is 2.60 bits per heavy atom. The van der Waals surface area contributed by atoms with E-state index in [2.05, 4.69) is 21.2 Å². The number of aliphatic carboxylic acids is 1. The zero-order valence-corrected chi connectivity index (χ0v) is 9.79. The minimum absolute atomic E-state index is 0.329. The molecule has 6 heteroatoms. The van der Waals surface area contributed by atoms with Crippen LogP contribution in [0.3, 0.4) is 0 Å². The van der Waals surface area contributed by atoms with E-state index in [0.29, 0.717) is 16.0 Å². The molecule has 5 nitrogen and oxygen atoms in total. The van der Waals surface area contributed by atoms with Crippen LogP contribution in [0, 0.1) is 6.92 Å². The Kier molecular flexibility index (Phi) is 3.52. The van der Waals surface area contributed by atoms with E-state index >= 15 is 0 Å². The van der Waals surface area contributed by atoms with Gasteiger partial charge >= 0.3 is 5.97 Å². The molecule has 0 radical (unpaired) electrons. The number of hydrogen-bond acceptors (Lipinski definition) is 3. The molecule has 0 saturated heterocycles. The number of rotatable bonds is 3. The van der Waals surface area contributed by atoms with Crippen molar-refractivity contribution in [2.24, 2.45) is 0 Å². The van der Waals surface area contributed by atoms with E-state index in [4.69, 9.17) is 9.52 Å². The first-order valence-corrected chi connectivity index (χ1v) is 5.00. The van der Waals surface area contributed by atoms with Crippen LogP contribution in [-0.2, 0) is 4.79 Å². The van der Waals surface area contributed by atoms with Crippen LogP contribution in [0.15, 0.2) is 15.2 Å². The third-order valence-electron chi connectivity index (χ3n) is 1.85. The second kappa shape index (κ2) is 4.48. The zero-order chi connectivity index (χ0) is 11.6. The fourth-order valence-electron chi connectivity index (χ4n) is 1.01. The highest BCUT2D eigenvalue weighted by atomic mass is 79.9. The van der Waals surface area contributed by atoms with Crippen molar-refractivity contribution >= 4 is 27.8 Å². The van der Waals surface area contributed by atoms with Gasteiger partial charge in [0.05, 0.1) is 5.56 Å². The lowest BCUT2D eigenvalue weighted by molar-refractivity contribution is -0.138. The Morgan fingerprint density at radius 2 is 2.20 bits per heavy atom. The predicted molar refractivity (Wildman–Crippen MR) is 55.7 cm³/mol. The van der Waals surface area contributed by atoms with Crippen LogP contribution in [0.1, 0.15) is 23.0 Å². The van der Waals surface area contributed by atoms with Crippen LogP contribution in [-0.4, -0.2) is 23.0 Å². The molecule has 1 atom stereocenters. The molecule has 0 aliphatic rings. The Labute approximate surface area is 94.6 Å². The number of carbonyl (C=O) groups is 2. The summed E-state index contributed by atoms with van der Waals surface area (Å²) in [6, 6.07) is 0.574. The molecule has 1 amide bonds. The molecule has 0 aromatic carbocycles. The normalized spacial score (nSPS) is 12.2. The fraction of sp³-hybridized carbons (Fsp3) is 0.333. The van der Waals surface area contributed by atoms with Gasteiger partial charge in [-0.2, -0.15) is 0 Å². The highest BCUT2D eigenvalue weighted by Gasteiger charge is 2.18. The van der Waals surface area contributed by atoms with Crippen molar-refractivity contribution in [3.8, 4) is 0 Å². The van der Waals surface area contributed by atoms with E-state index in [1.165, 1.54) is 13.0 Å². The molecule has 0 spiro atoms. The van der Waals surface area contributed by atoms with Crippen molar-refractivity contribution in [1.29, 1.82) is 0 Å². The molecule has 15 heavy (non-hydrogen) atoms. The van der Waals surface area contributed by atoms with E-state index in [0.717, 1.165) is 0 Å². The van der Waals surface area contributed by atoms with Gasteiger partial charge in [0.2, 0.25) is 0 Å². The van der Waals surface area contributed by atoms with Crippen LogP contribution in [0.2, 0.25) is 0 Å². The first-order chi connectivity index (χ1) is 6.91. The smallest absolute Gasteiger partial charge is 0.325 e. The molecule has 2 N–H and O–H groups in total. The first kappa shape index (κ1) is 11.8. The number of nitrogens with one attached hydrogen (secondary N) is 1. The van der Waals surface area contributed by atoms with Gasteiger partial charge in [-0.05, 0) is 29.8 Å². The maximum atomic E-state index is 11.5. The van der Waals surface area contributed by atoms with Crippen molar-refractivity contribution in [1.82, 2.24) is 5.32 Å². The van der Waals surface area contributed by atoms with E-state index in [1.807, 2.05) is 0 Å². The molecule has 1 aromatic rings. The molecule has 0 aliphatic heterocycles. The molecular formula is C9H10BrNO4. The van der Waals surface area contributed by atoms with E-state index in [1.54, 1.807) is 6.92 Å².